The van der Waals surface area contributed by atoms with E-state index < -0.39 is 11.9 Å². The Hall–Kier alpha value is -1.04. The highest BCUT2D eigenvalue weighted by molar-refractivity contribution is 5.08. The number of rotatable bonds is 4. The second-order valence-corrected chi connectivity index (χ2v) is 5.36. The van der Waals surface area contributed by atoms with Crippen LogP contribution in [0.5, 0.6) is 0 Å². The minimum absolute atomic E-state index is 0.0215. The number of piperidine rings is 1. The minimum atomic E-state index is -0.688. The Balaban J connectivity index is 1.88. The molecule has 5 heteroatoms. The van der Waals surface area contributed by atoms with Gasteiger partial charge in [0, 0.05) is 25.6 Å². The zero-order chi connectivity index (χ0) is 13.8. The SMILES string of the molecule is CC(CN1CCC(O)CC1)C(O)c1ccc(F)cn1. The van der Waals surface area contributed by atoms with Gasteiger partial charge >= 0.3 is 0 Å². The fourth-order valence-electron chi connectivity index (χ4n) is 2.46. The molecule has 1 aliphatic heterocycles. The molecule has 0 bridgehead atoms. The zero-order valence-corrected chi connectivity index (χ0v) is 11.2. The molecular weight excluding hydrogens is 247 g/mol. The maximum absolute atomic E-state index is 12.8. The number of hydrogen-bond acceptors (Lipinski definition) is 4. The molecular formula is C14H21FN2O2. The largest absolute Gasteiger partial charge is 0.393 e. The van der Waals surface area contributed by atoms with Crippen LogP contribution in [0, 0.1) is 11.7 Å². The Morgan fingerprint density at radius 3 is 2.68 bits per heavy atom. The quantitative estimate of drug-likeness (QED) is 0.865. The van der Waals surface area contributed by atoms with E-state index in [4.69, 9.17) is 0 Å². The highest BCUT2D eigenvalue weighted by Gasteiger charge is 2.23. The van der Waals surface area contributed by atoms with Gasteiger partial charge in [-0.25, -0.2) is 4.39 Å². The molecule has 0 aromatic carbocycles. The Morgan fingerprint density at radius 1 is 1.42 bits per heavy atom. The van der Waals surface area contributed by atoms with E-state index in [1.165, 1.54) is 12.1 Å². The fourth-order valence-corrected chi connectivity index (χ4v) is 2.46. The summed E-state index contributed by atoms with van der Waals surface area (Å²) in [5.74, 6) is -0.373. The van der Waals surface area contributed by atoms with Crippen LogP contribution in [-0.2, 0) is 0 Å². The van der Waals surface area contributed by atoms with Crippen molar-refractivity contribution in [3.63, 3.8) is 0 Å². The van der Waals surface area contributed by atoms with Crippen molar-refractivity contribution in [2.45, 2.75) is 32.0 Å². The monoisotopic (exact) mass is 268 g/mol. The molecule has 2 rings (SSSR count). The van der Waals surface area contributed by atoms with E-state index in [2.05, 4.69) is 9.88 Å². The van der Waals surface area contributed by atoms with Crippen molar-refractivity contribution >= 4 is 0 Å². The molecule has 0 aliphatic carbocycles. The molecule has 4 nitrogen and oxygen atoms in total. The van der Waals surface area contributed by atoms with Crippen molar-refractivity contribution in [3.05, 3.63) is 29.8 Å². The number of halogens is 1. The first kappa shape index (κ1) is 14.4. The van der Waals surface area contributed by atoms with Gasteiger partial charge in [-0.1, -0.05) is 6.92 Å². The lowest BCUT2D eigenvalue weighted by molar-refractivity contribution is 0.0472. The molecule has 0 spiro atoms. The van der Waals surface area contributed by atoms with Gasteiger partial charge in [0.15, 0.2) is 0 Å². The normalized spacial score (nSPS) is 21.3. The van der Waals surface area contributed by atoms with Crippen LogP contribution in [-0.4, -0.2) is 45.8 Å². The lowest BCUT2D eigenvalue weighted by Crippen LogP contribution is -2.39. The maximum Gasteiger partial charge on any atom is 0.141 e. The maximum atomic E-state index is 12.8. The highest BCUT2D eigenvalue weighted by atomic mass is 19.1. The van der Waals surface area contributed by atoms with Crippen LogP contribution in [0.4, 0.5) is 4.39 Å². The second-order valence-electron chi connectivity index (χ2n) is 5.36. The van der Waals surface area contributed by atoms with E-state index in [9.17, 15) is 14.6 Å². The Bertz CT molecular complexity index is 391. The van der Waals surface area contributed by atoms with Crippen molar-refractivity contribution in [2.75, 3.05) is 19.6 Å². The van der Waals surface area contributed by atoms with Crippen molar-refractivity contribution in [1.29, 1.82) is 0 Å². The first-order valence-electron chi connectivity index (χ1n) is 6.76. The molecule has 1 aromatic rings. The van der Waals surface area contributed by atoms with Gasteiger partial charge in [0.2, 0.25) is 0 Å². The van der Waals surface area contributed by atoms with Gasteiger partial charge in [0.25, 0.3) is 0 Å². The molecule has 0 saturated carbocycles. The van der Waals surface area contributed by atoms with Crippen LogP contribution in [0.3, 0.4) is 0 Å². The Labute approximate surface area is 112 Å². The van der Waals surface area contributed by atoms with E-state index >= 15 is 0 Å². The lowest BCUT2D eigenvalue weighted by atomic mass is 9.99. The zero-order valence-electron chi connectivity index (χ0n) is 11.2. The van der Waals surface area contributed by atoms with Gasteiger partial charge in [0.05, 0.1) is 24.1 Å². The molecule has 2 N–H and O–H groups in total. The number of aliphatic hydroxyl groups excluding tert-OH is 2. The second kappa shape index (κ2) is 6.41. The average Bonchev–Trinajstić information content (AvgIpc) is 2.41. The minimum Gasteiger partial charge on any atom is -0.393 e. The van der Waals surface area contributed by atoms with E-state index in [0.717, 1.165) is 38.7 Å². The molecule has 1 fully saturated rings. The third kappa shape index (κ3) is 3.96. The molecule has 106 valence electrons. The summed E-state index contributed by atoms with van der Waals surface area (Å²) in [6.45, 7) is 4.43. The summed E-state index contributed by atoms with van der Waals surface area (Å²) >= 11 is 0. The van der Waals surface area contributed by atoms with Crippen LogP contribution in [0.2, 0.25) is 0 Å². The first-order chi connectivity index (χ1) is 9.06. The van der Waals surface area contributed by atoms with Crippen molar-refractivity contribution < 1.29 is 14.6 Å². The summed E-state index contributed by atoms with van der Waals surface area (Å²) in [7, 11) is 0. The molecule has 0 amide bonds. The van der Waals surface area contributed by atoms with Crippen molar-refractivity contribution in [2.24, 2.45) is 5.92 Å². The number of hydrogen-bond donors (Lipinski definition) is 2. The predicted octanol–water partition coefficient (Wildman–Crippen LogP) is 1.35. The van der Waals surface area contributed by atoms with Gasteiger partial charge in [-0.05, 0) is 25.0 Å². The molecule has 0 radical (unpaired) electrons. The van der Waals surface area contributed by atoms with E-state index in [0.29, 0.717) is 5.69 Å². The van der Waals surface area contributed by atoms with Gasteiger partial charge in [-0.15, -0.1) is 0 Å². The number of aliphatic hydroxyl groups is 2. The van der Waals surface area contributed by atoms with Gasteiger partial charge in [-0.3, -0.25) is 4.98 Å². The Morgan fingerprint density at radius 2 is 2.11 bits per heavy atom. The molecule has 1 saturated heterocycles. The van der Waals surface area contributed by atoms with Gasteiger partial charge < -0.3 is 15.1 Å². The van der Waals surface area contributed by atoms with Crippen molar-refractivity contribution in [3.8, 4) is 0 Å². The van der Waals surface area contributed by atoms with E-state index in [1.54, 1.807) is 0 Å². The first-order valence-corrected chi connectivity index (χ1v) is 6.76. The number of pyridine rings is 1. The lowest BCUT2D eigenvalue weighted by Gasteiger charge is -2.32. The smallest absolute Gasteiger partial charge is 0.141 e. The Kier molecular flexibility index (Phi) is 4.85. The van der Waals surface area contributed by atoms with Crippen LogP contribution in [0.1, 0.15) is 31.6 Å². The molecule has 19 heavy (non-hydrogen) atoms. The summed E-state index contributed by atoms with van der Waals surface area (Å²) in [6.07, 6.45) is 1.83. The topological polar surface area (TPSA) is 56.6 Å². The van der Waals surface area contributed by atoms with Crippen LogP contribution in [0.15, 0.2) is 18.3 Å². The summed E-state index contributed by atoms with van der Waals surface area (Å²) < 4.78 is 12.8. The van der Waals surface area contributed by atoms with Crippen LogP contribution >= 0.6 is 0 Å². The third-order valence-corrected chi connectivity index (χ3v) is 3.70. The molecule has 2 unspecified atom stereocenters. The van der Waals surface area contributed by atoms with E-state index in [-0.39, 0.29) is 12.0 Å². The number of likely N-dealkylation sites (tertiary alicyclic amines) is 1. The molecule has 1 aromatic heterocycles. The van der Waals surface area contributed by atoms with Crippen LogP contribution < -0.4 is 0 Å². The summed E-state index contributed by atoms with van der Waals surface area (Å²) in [5, 5.41) is 19.7. The predicted molar refractivity (Wildman–Crippen MR) is 70.0 cm³/mol. The van der Waals surface area contributed by atoms with Gasteiger partial charge in [0.1, 0.15) is 5.82 Å². The van der Waals surface area contributed by atoms with Crippen LogP contribution in [0.25, 0.3) is 0 Å². The summed E-state index contributed by atoms with van der Waals surface area (Å²) in [4.78, 5) is 6.16. The average molecular weight is 268 g/mol. The molecule has 2 atom stereocenters. The molecule has 2 heterocycles. The highest BCUT2D eigenvalue weighted by Crippen LogP contribution is 2.22. The van der Waals surface area contributed by atoms with E-state index in [1.807, 2.05) is 6.92 Å². The standard InChI is InChI=1S/C14H21FN2O2/c1-10(9-17-6-4-12(18)5-7-17)14(19)13-3-2-11(15)8-16-13/h2-3,8,10,12,14,18-19H,4-7,9H2,1H3. The van der Waals surface area contributed by atoms with Gasteiger partial charge in [-0.2, -0.15) is 0 Å². The fraction of sp³-hybridized carbons (Fsp3) is 0.643. The molecule has 1 aliphatic rings. The number of nitrogens with zero attached hydrogens (tertiary/aromatic N) is 2. The van der Waals surface area contributed by atoms with Crippen molar-refractivity contribution in [1.82, 2.24) is 9.88 Å². The summed E-state index contributed by atoms with van der Waals surface area (Å²) in [5.41, 5.74) is 0.506. The summed E-state index contributed by atoms with van der Waals surface area (Å²) in [6, 6.07) is 2.84. The number of aromatic nitrogens is 1. The third-order valence-electron chi connectivity index (χ3n) is 3.70.